The van der Waals surface area contributed by atoms with Crippen LogP contribution >= 0.6 is 0 Å². The van der Waals surface area contributed by atoms with Gasteiger partial charge in [0.15, 0.2) is 5.82 Å². The molecule has 2 heterocycles. The molecule has 4 aromatic rings. The largest absolute Gasteiger partial charge is 0.382 e. The second kappa shape index (κ2) is 10.8. The van der Waals surface area contributed by atoms with Crippen molar-refractivity contribution in [1.82, 2.24) is 14.5 Å². The van der Waals surface area contributed by atoms with Crippen LogP contribution in [0.25, 0.3) is 21.9 Å². The first-order valence-electron chi connectivity index (χ1n) is 10.8. The molecular formula is C26H36N4. The van der Waals surface area contributed by atoms with E-state index < -0.39 is 0 Å². The van der Waals surface area contributed by atoms with Gasteiger partial charge in [-0.05, 0) is 37.0 Å². The van der Waals surface area contributed by atoms with Gasteiger partial charge in [0.1, 0.15) is 11.3 Å². The summed E-state index contributed by atoms with van der Waals surface area (Å²) >= 11 is 0. The predicted molar refractivity (Wildman–Crippen MR) is 131 cm³/mol. The van der Waals surface area contributed by atoms with E-state index >= 15 is 0 Å². The van der Waals surface area contributed by atoms with Gasteiger partial charge in [0.25, 0.3) is 0 Å². The van der Waals surface area contributed by atoms with Crippen LogP contribution in [-0.2, 0) is 13.0 Å². The van der Waals surface area contributed by atoms with Crippen LogP contribution in [0, 0.1) is 6.92 Å². The molecule has 0 atom stereocenters. The van der Waals surface area contributed by atoms with E-state index in [0.29, 0.717) is 5.82 Å². The molecule has 0 fully saturated rings. The average Bonchev–Trinajstić information content (AvgIpc) is 3.07. The van der Waals surface area contributed by atoms with E-state index in [1.807, 2.05) is 39.0 Å². The van der Waals surface area contributed by atoms with Crippen molar-refractivity contribution in [3.05, 3.63) is 65.5 Å². The zero-order valence-electron chi connectivity index (χ0n) is 18.1. The van der Waals surface area contributed by atoms with Gasteiger partial charge in [-0.1, -0.05) is 83.5 Å². The number of unbranched alkanes of at least 4 members (excludes halogenated alkanes) is 2. The van der Waals surface area contributed by atoms with Crippen LogP contribution in [-0.4, -0.2) is 14.5 Å². The first-order valence-corrected chi connectivity index (χ1v) is 10.8. The van der Waals surface area contributed by atoms with Crippen LogP contribution in [0.2, 0.25) is 0 Å². The molecule has 0 aliphatic heterocycles. The molecule has 0 aliphatic rings. The minimum atomic E-state index is 0. The van der Waals surface area contributed by atoms with Gasteiger partial charge in [0.2, 0.25) is 0 Å². The van der Waals surface area contributed by atoms with Crippen molar-refractivity contribution < 1.29 is 0 Å². The third-order valence-electron chi connectivity index (χ3n) is 5.20. The molecule has 2 aromatic heterocycles. The van der Waals surface area contributed by atoms with Crippen molar-refractivity contribution in [3.8, 4) is 0 Å². The molecule has 0 unspecified atom stereocenters. The molecule has 160 valence electrons. The highest BCUT2D eigenvalue weighted by Crippen LogP contribution is 2.29. The Labute approximate surface area is 181 Å². The minimum Gasteiger partial charge on any atom is -0.382 e. The van der Waals surface area contributed by atoms with Crippen LogP contribution in [0.4, 0.5) is 5.82 Å². The molecule has 2 N–H and O–H groups in total. The summed E-state index contributed by atoms with van der Waals surface area (Å²) < 4.78 is 2.26. The van der Waals surface area contributed by atoms with E-state index in [1.54, 1.807) is 0 Å². The van der Waals surface area contributed by atoms with E-state index in [9.17, 15) is 0 Å². The third-order valence-corrected chi connectivity index (χ3v) is 5.20. The van der Waals surface area contributed by atoms with Crippen LogP contribution in [0.3, 0.4) is 0 Å². The summed E-state index contributed by atoms with van der Waals surface area (Å²) in [5.41, 5.74) is 11.7. The second-order valence-corrected chi connectivity index (χ2v) is 7.23. The highest BCUT2D eigenvalue weighted by molar-refractivity contribution is 6.06. The summed E-state index contributed by atoms with van der Waals surface area (Å²) in [4.78, 5) is 9.24. The average molecular weight is 405 g/mol. The number of fused-ring (bicyclic) bond motifs is 3. The molecule has 0 amide bonds. The summed E-state index contributed by atoms with van der Waals surface area (Å²) in [6.07, 6.45) is 4.93. The molecule has 4 heteroatoms. The number of nitrogens with zero attached hydrogens (tertiary/aromatic N) is 3. The van der Waals surface area contributed by atoms with Crippen molar-refractivity contribution in [3.63, 3.8) is 0 Å². The van der Waals surface area contributed by atoms with Crippen molar-refractivity contribution in [2.45, 2.75) is 67.3 Å². The number of rotatable bonds is 6. The molecule has 0 saturated heterocycles. The number of nitrogen functional groups attached to an aromatic ring is 1. The predicted octanol–water partition coefficient (Wildman–Crippen LogP) is 6.92. The Morgan fingerprint density at radius 2 is 1.67 bits per heavy atom. The fraction of sp³-hybridized carbons (Fsp3) is 0.385. The number of hydrogen-bond donors (Lipinski definition) is 1. The van der Waals surface area contributed by atoms with Gasteiger partial charge < -0.3 is 10.3 Å². The topological polar surface area (TPSA) is 56.7 Å². The van der Waals surface area contributed by atoms with Crippen LogP contribution in [0.1, 0.15) is 64.4 Å². The number of para-hydroxylation sites is 1. The summed E-state index contributed by atoms with van der Waals surface area (Å²) in [5, 5.41) is 1.10. The van der Waals surface area contributed by atoms with Crippen LogP contribution < -0.4 is 5.73 Å². The first-order chi connectivity index (χ1) is 14.2. The lowest BCUT2D eigenvalue weighted by atomic mass is 10.0. The molecule has 2 aromatic carbocycles. The maximum Gasteiger partial charge on any atom is 0.152 e. The van der Waals surface area contributed by atoms with Gasteiger partial charge in [-0.25, -0.2) is 9.97 Å². The van der Waals surface area contributed by atoms with E-state index in [4.69, 9.17) is 10.7 Å². The Balaban J connectivity index is 0.00000104. The van der Waals surface area contributed by atoms with Crippen LogP contribution in [0.15, 0.2) is 48.5 Å². The summed E-state index contributed by atoms with van der Waals surface area (Å²) in [5.74, 6) is 1.46. The minimum absolute atomic E-state index is 0. The zero-order chi connectivity index (χ0) is 20.8. The molecule has 0 radical (unpaired) electrons. The molecule has 0 spiro atoms. The Morgan fingerprint density at radius 1 is 0.933 bits per heavy atom. The quantitative estimate of drug-likeness (QED) is 0.355. The van der Waals surface area contributed by atoms with Gasteiger partial charge in [0.05, 0.1) is 11.0 Å². The van der Waals surface area contributed by atoms with Gasteiger partial charge in [-0.3, -0.25) is 0 Å². The molecule has 0 bridgehead atoms. The lowest BCUT2D eigenvalue weighted by Crippen LogP contribution is -2.03. The first kappa shape index (κ1) is 23.4. The molecule has 4 nitrogen and oxygen atoms in total. The zero-order valence-corrected chi connectivity index (χ0v) is 18.1. The fourth-order valence-corrected chi connectivity index (χ4v) is 3.81. The Bertz CT molecular complexity index is 1100. The summed E-state index contributed by atoms with van der Waals surface area (Å²) in [7, 11) is 0. The molecule has 4 rings (SSSR count). The van der Waals surface area contributed by atoms with Gasteiger partial charge in [-0.2, -0.15) is 0 Å². The smallest absolute Gasteiger partial charge is 0.152 e. The second-order valence-electron chi connectivity index (χ2n) is 7.23. The van der Waals surface area contributed by atoms with Crippen molar-refractivity contribution in [1.29, 1.82) is 0 Å². The van der Waals surface area contributed by atoms with E-state index in [-0.39, 0.29) is 7.43 Å². The lowest BCUT2D eigenvalue weighted by molar-refractivity contribution is 0.715. The summed E-state index contributed by atoms with van der Waals surface area (Å²) in [6, 6.07) is 17.1. The monoisotopic (exact) mass is 404 g/mol. The van der Waals surface area contributed by atoms with Gasteiger partial charge in [0, 0.05) is 11.9 Å². The number of imidazole rings is 1. The molecule has 30 heavy (non-hydrogen) atoms. The Morgan fingerprint density at radius 3 is 2.43 bits per heavy atom. The van der Waals surface area contributed by atoms with Gasteiger partial charge in [-0.15, -0.1) is 0 Å². The molecule has 0 aliphatic carbocycles. The maximum absolute atomic E-state index is 6.20. The van der Waals surface area contributed by atoms with E-state index in [1.165, 1.54) is 30.4 Å². The number of hydrogen-bond acceptors (Lipinski definition) is 3. The van der Waals surface area contributed by atoms with E-state index in [2.05, 4.69) is 46.8 Å². The Kier molecular flexibility index (Phi) is 8.40. The number of pyridine rings is 1. The Hall–Kier alpha value is -2.88. The molecule has 0 saturated carbocycles. The highest BCUT2D eigenvalue weighted by Gasteiger charge is 2.15. The normalized spacial score (nSPS) is 10.5. The maximum atomic E-state index is 6.20. The number of anilines is 1. The summed E-state index contributed by atoms with van der Waals surface area (Å²) in [6.45, 7) is 9.07. The number of benzene rings is 2. The number of aromatic nitrogens is 3. The van der Waals surface area contributed by atoms with Crippen molar-refractivity contribution in [2.75, 3.05) is 5.73 Å². The lowest BCUT2D eigenvalue weighted by Gasteiger charge is -2.11. The van der Waals surface area contributed by atoms with Crippen LogP contribution in [0.5, 0.6) is 0 Å². The standard InChI is InChI=1S/C23H26N4.C2H6.CH4/c1-3-4-5-9-17-10-8-11-18(14-17)15-27-16(2)25-21-22(27)19-12-6-7-13-20(19)26-23(21)24;1-2;/h6-8,10-14H,3-5,9,15H2,1-2H3,(H2,24,26);1-2H3;1H4. The van der Waals surface area contributed by atoms with E-state index in [0.717, 1.165) is 40.7 Å². The third kappa shape index (κ3) is 4.81. The van der Waals surface area contributed by atoms with Crippen molar-refractivity contribution in [2.24, 2.45) is 0 Å². The van der Waals surface area contributed by atoms with Gasteiger partial charge >= 0.3 is 0 Å². The highest BCUT2D eigenvalue weighted by atomic mass is 15.1. The number of aryl methyl sites for hydroxylation is 2. The number of nitrogens with two attached hydrogens (primary N) is 1. The molecular weight excluding hydrogens is 368 g/mol. The SMILES string of the molecule is C.CC.CCCCCc1cccc(Cn2c(C)nc3c(N)nc4ccccc4c32)c1. The van der Waals surface area contributed by atoms with Crippen molar-refractivity contribution >= 4 is 27.8 Å². The fourth-order valence-electron chi connectivity index (χ4n) is 3.81.